The largest absolute Gasteiger partial charge is 0.378 e. The summed E-state index contributed by atoms with van der Waals surface area (Å²) in [5.74, 6) is 2.32. The number of ether oxygens (including phenoxy) is 2. The van der Waals surface area contributed by atoms with Gasteiger partial charge in [-0.3, -0.25) is 0 Å². The van der Waals surface area contributed by atoms with E-state index in [4.69, 9.17) is 42.6 Å². The zero-order valence-corrected chi connectivity index (χ0v) is 28.7. The summed E-state index contributed by atoms with van der Waals surface area (Å²) in [4.78, 5) is 36.4. The van der Waals surface area contributed by atoms with Gasteiger partial charge in [-0.05, 0) is 48.9 Å². The van der Waals surface area contributed by atoms with E-state index < -0.39 is 0 Å². The highest BCUT2D eigenvalue weighted by molar-refractivity contribution is 6.28. The summed E-state index contributed by atoms with van der Waals surface area (Å²) in [6.07, 6.45) is 8.26. The van der Waals surface area contributed by atoms with Crippen molar-refractivity contribution in [3.63, 3.8) is 0 Å². The maximum atomic E-state index is 6.47. The molecule has 0 spiro atoms. The van der Waals surface area contributed by atoms with Crippen molar-refractivity contribution in [1.29, 1.82) is 0 Å². The molecule has 1 aliphatic rings. The molecule has 0 unspecified atom stereocenters. The lowest BCUT2D eigenvalue weighted by Gasteiger charge is -2.28. The van der Waals surface area contributed by atoms with Gasteiger partial charge in [0.1, 0.15) is 0 Å². The lowest BCUT2D eigenvalue weighted by atomic mass is 10.3. The van der Waals surface area contributed by atoms with Crippen LogP contribution in [0.25, 0.3) is 0 Å². The Balaban J connectivity index is 1.90. The second-order valence-corrected chi connectivity index (χ2v) is 11.7. The number of rotatable bonds is 12. The molecule has 0 fully saturated rings. The Kier molecular flexibility index (Phi) is 17.0. The fourth-order valence-corrected chi connectivity index (χ4v) is 5.07. The average Bonchev–Trinajstić information content (AvgIpc) is 3.01. The monoisotopic (exact) mass is 654 g/mol. The summed E-state index contributed by atoms with van der Waals surface area (Å²) < 4.78 is 12.3. The van der Waals surface area contributed by atoms with E-state index in [-0.39, 0.29) is 10.6 Å². The molecule has 1 aliphatic heterocycles. The summed E-state index contributed by atoms with van der Waals surface area (Å²) in [5, 5.41) is 0.393. The van der Waals surface area contributed by atoms with Crippen molar-refractivity contribution >= 4 is 47.0 Å². The second-order valence-electron chi connectivity index (χ2n) is 11.0. The molecule has 0 saturated heterocycles. The molecule has 0 amide bonds. The Morgan fingerprint density at radius 2 is 0.705 bits per heavy atom. The van der Waals surface area contributed by atoms with Crippen LogP contribution in [0, 0.1) is 0 Å². The summed E-state index contributed by atoms with van der Waals surface area (Å²) in [5.41, 5.74) is 0. The maximum Gasteiger partial charge on any atom is 0.231 e. The molecule has 2 aromatic rings. The van der Waals surface area contributed by atoms with Gasteiger partial charge >= 0.3 is 0 Å². The third-order valence-corrected chi connectivity index (χ3v) is 7.79. The number of hydrogen-bond donors (Lipinski definition) is 0. The standard InChI is InChI=1S/C30H52Cl2N10O2/c1-5-9-13-39-17-21-43-22-18-41(15-11-7-3)29-35-26(32)36-30(38-29)42(16-12-8-4)20-24-44-23-19-40(14-10-6-2)28-34-25(31)33-27(39)37-28/h5-24H2,1-4H3. The molecular formula is C30H52Cl2N10O2. The van der Waals surface area contributed by atoms with E-state index >= 15 is 0 Å². The molecule has 0 aliphatic carbocycles. The first-order valence-electron chi connectivity index (χ1n) is 16.5. The SMILES string of the molecule is CCCCN1CCOCCN(CCCC)c2nc(Cl)nc(n2)N(CCCC)CCOCCN(CCCC)c2nc(Cl)nc1n2. The van der Waals surface area contributed by atoms with Gasteiger partial charge in [0.2, 0.25) is 34.4 Å². The molecule has 0 aromatic carbocycles. The van der Waals surface area contributed by atoms with Gasteiger partial charge in [-0.15, -0.1) is 0 Å². The van der Waals surface area contributed by atoms with Crippen LogP contribution in [0.3, 0.4) is 0 Å². The number of halogens is 2. The van der Waals surface area contributed by atoms with Gasteiger partial charge in [0.05, 0.1) is 26.4 Å². The van der Waals surface area contributed by atoms with Crippen molar-refractivity contribution in [1.82, 2.24) is 29.9 Å². The lowest BCUT2D eigenvalue weighted by Crippen LogP contribution is -2.36. The minimum Gasteiger partial charge on any atom is -0.378 e. The van der Waals surface area contributed by atoms with Crippen molar-refractivity contribution in [2.45, 2.75) is 79.1 Å². The minimum absolute atomic E-state index is 0.197. The first-order valence-corrected chi connectivity index (χ1v) is 17.2. The zero-order chi connectivity index (χ0) is 31.6. The third kappa shape index (κ3) is 12.3. The highest BCUT2D eigenvalue weighted by Gasteiger charge is 2.20. The molecule has 3 rings (SSSR count). The molecule has 12 nitrogen and oxygen atoms in total. The molecule has 44 heavy (non-hydrogen) atoms. The molecule has 4 bridgehead atoms. The van der Waals surface area contributed by atoms with Crippen molar-refractivity contribution in [3.05, 3.63) is 10.6 Å². The summed E-state index contributed by atoms with van der Waals surface area (Å²) in [6.45, 7) is 16.6. The Labute approximate surface area is 273 Å². The number of unbranched alkanes of at least 4 members (excludes halogenated alkanes) is 4. The Morgan fingerprint density at radius 1 is 0.455 bits per heavy atom. The molecule has 2 aromatic heterocycles. The Morgan fingerprint density at radius 3 is 0.932 bits per heavy atom. The van der Waals surface area contributed by atoms with Gasteiger partial charge in [-0.25, -0.2) is 0 Å². The number of fused-ring (bicyclic) bond motifs is 4. The van der Waals surface area contributed by atoms with Gasteiger partial charge in [0, 0.05) is 52.4 Å². The molecular weight excluding hydrogens is 603 g/mol. The van der Waals surface area contributed by atoms with Crippen LogP contribution in [0.1, 0.15) is 79.1 Å². The highest BCUT2D eigenvalue weighted by atomic mass is 35.5. The van der Waals surface area contributed by atoms with Crippen molar-refractivity contribution < 1.29 is 9.47 Å². The predicted octanol–water partition coefficient (Wildman–Crippen LogP) is 5.54. The van der Waals surface area contributed by atoms with E-state index in [2.05, 4.69) is 67.2 Å². The number of nitrogens with zero attached hydrogens (tertiary/aromatic N) is 10. The maximum absolute atomic E-state index is 6.47. The molecule has 0 atom stereocenters. The Bertz CT molecular complexity index is 930. The van der Waals surface area contributed by atoms with Crippen LogP contribution in [0.15, 0.2) is 0 Å². The third-order valence-electron chi connectivity index (χ3n) is 7.45. The van der Waals surface area contributed by atoms with Gasteiger partial charge in [0.15, 0.2) is 0 Å². The quantitative estimate of drug-likeness (QED) is 0.287. The normalized spacial score (nSPS) is 16.0. The molecule has 0 N–H and O–H groups in total. The fourth-order valence-electron chi connectivity index (χ4n) is 4.77. The summed E-state index contributed by atoms with van der Waals surface area (Å²) in [7, 11) is 0. The number of aromatic nitrogens is 6. The van der Waals surface area contributed by atoms with Crippen LogP contribution in [0.5, 0.6) is 0 Å². The average molecular weight is 656 g/mol. The molecule has 0 saturated carbocycles. The van der Waals surface area contributed by atoms with E-state index in [0.717, 1.165) is 77.5 Å². The summed E-state index contributed by atoms with van der Waals surface area (Å²) >= 11 is 12.9. The number of anilines is 4. The first kappa shape index (κ1) is 36.2. The van der Waals surface area contributed by atoms with E-state index in [1.54, 1.807) is 0 Å². The first-order chi connectivity index (χ1) is 21.5. The second kappa shape index (κ2) is 20.7. The Hall–Kier alpha value is -2.28. The van der Waals surface area contributed by atoms with Gasteiger partial charge < -0.3 is 29.1 Å². The van der Waals surface area contributed by atoms with Crippen LogP contribution >= 0.6 is 23.2 Å². The van der Waals surface area contributed by atoms with Crippen molar-refractivity contribution in [2.24, 2.45) is 0 Å². The van der Waals surface area contributed by atoms with Crippen LogP contribution in [0.4, 0.5) is 23.8 Å². The van der Waals surface area contributed by atoms with Crippen LogP contribution in [-0.4, -0.2) is 109 Å². The van der Waals surface area contributed by atoms with E-state index in [9.17, 15) is 0 Å². The van der Waals surface area contributed by atoms with Crippen LogP contribution in [0.2, 0.25) is 10.6 Å². The van der Waals surface area contributed by atoms with Gasteiger partial charge in [0.25, 0.3) is 0 Å². The van der Waals surface area contributed by atoms with Crippen LogP contribution < -0.4 is 19.6 Å². The van der Waals surface area contributed by atoms with E-state index in [0.29, 0.717) is 76.4 Å². The van der Waals surface area contributed by atoms with E-state index in [1.807, 2.05) is 0 Å². The minimum atomic E-state index is 0.197. The molecule has 0 radical (unpaired) electrons. The number of hydrogen-bond acceptors (Lipinski definition) is 12. The zero-order valence-electron chi connectivity index (χ0n) is 27.2. The predicted molar refractivity (Wildman–Crippen MR) is 180 cm³/mol. The van der Waals surface area contributed by atoms with Gasteiger partial charge in [-0.2, -0.15) is 29.9 Å². The smallest absolute Gasteiger partial charge is 0.231 e. The fraction of sp³-hybridized carbons (Fsp3) is 0.800. The molecule has 14 heteroatoms. The van der Waals surface area contributed by atoms with Crippen LogP contribution in [-0.2, 0) is 9.47 Å². The van der Waals surface area contributed by atoms with E-state index in [1.165, 1.54) is 0 Å². The topological polar surface area (TPSA) is 109 Å². The molecule has 3 heterocycles. The molecule has 248 valence electrons. The lowest BCUT2D eigenvalue weighted by molar-refractivity contribution is 0.145. The van der Waals surface area contributed by atoms with Crippen molar-refractivity contribution in [2.75, 3.05) is 98.4 Å². The highest BCUT2D eigenvalue weighted by Crippen LogP contribution is 2.20. The van der Waals surface area contributed by atoms with Crippen molar-refractivity contribution in [3.8, 4) is 0 Å². The summed E-state index contributed by atoms with van der Waals surface area (Å²) in [6, 6.07) is 0. The van der Waals surface area contributed by atoms with Gasteiger partial charge in [-0.1, -0.05) is 53.4 Å².